The van der Waals surface area contributed by atoms with E-state index in [0.717, 1.165) is 29.1 Å². The molecule has 0 aliphatic heterocycles. The van der Waals surface area contributed by atoms with Crippen LogP contribution in [0.25, 0.3) is 27.5 Å². The van der Waals surface area contributed by atoms with Crippen molar-refractivity contribution in [3.63, 3.8) is 0 Å². The Bertz CT molecular complexity index is 3470. The number of aromatic hydroxyl groups is 1. The molecular weight excluding hydrogens is 885 g/mol. The van der Waals surface area contributed by atoms with Gasteiger partial charge in [-0.15, -0.1) is 25.5 Å². The molecule has 22 nitrogen and oxygen atoms in total. The Labute approximate surface area is 356 Å². The summed E-state index contributed by atoms with van der Waals surface area (Å²) in [7, 11) is -13.0. The number of methoxy groups -OCH3 is 1. The summed E-state index contributed by atoms with van der Waals surface area (Å²) in [6, 6.07) is 20.4. The number of nitrogens with one attached hydrogen (secondary N) is 1. The molecule has 0 atom stereocenters. The van der Waals surface area contributed by atoms with Crippen LogP contribution in [0, 0.1) is 13.8 Å². The number of phenols is 1. The first-order valence-corrected chi connectivity index (χ1v) is 22.0. The minimum Gasteiger partial charge on any atom is -0.505 e. The van der Waals surface area contributed by atoms with Gasteiger partial charge in [-0.1, -0.05) is 6.07 Å². The van der Waals surface area contributed by atoms with Crippen molar-refractivity contribution in [2.75, 3.05) is 12.4 Å². The largest absolute Gasteiger partial charge is 0.505 e. The fraction of sp³-hybridized carbons (Fsp3) is 0.0789. The number of rotatable bonds is 13. The van der Waals surface area contributed by atoms with E-state index in [9.17, 15) is 48.8 Å². The molecule has 1 heterocycles. The Morgan fingerprint density at radius 2 is 1.32 bits per heavy atom. The summed E-state index contributed by atoms with van der Waals surface area (Å²) in [5, 5.41) is 47.1. The van der Waals surface area contributed by atoms with E-state index in [4.69, 9.17) is 4.74 Å². The number of carbonyl (C=O) groups excluding carboxylic acids is 1. The van der Waals surface area contributed by atoms with Crippen LogP contribution in [0.2, 0.25) is 0 Å². The van der Waals surface area contributed by atoms with E-state index in [0.29, 0.717) is 40.3 Å². The zero-order valence-electron chi connectivity index (χ0n) is 32.5. The average molecular weight is 915 g/mol. The van der Waals surface area contributed by atoms with E-state index >= 15 is 0 Å². The Hall–Kier alpha value is -7.42. The van der Waals surface area contributed by atoms with Crippen LogP contribution < -0.4 is 10.1 Å². The maximum absolute atomic E-state index is 12.4. The normalized spacial score (nSPS) is 12.6. The predicted molar refractivity (Wildman–Crippen MR) is 225 cm³/mol. The van der Waals surface area contributed by atoms with Gasteiger partial charge in [0.05, 0.1) is 34.8 Å². The van der Waals surface area contributed by atoms with Gasteiger partial charge >= 0.3 is 0 Å². The Balaban J connectivity index is 1.14. The molecule has 0 radical (unpaired) electrons. The molecule has 0 saturated carbocycles. The number of phenolic OH excluding ortho intramolecular Hbond substituents is 1. The maximum Gasteiger partial charge on any atom is 0.296 e. The molecule has 0 aliphatic carbocycles. The van der Waals surface area contributed by atoms with Gasteiger partial charge in [-0.25, -0.2) is 0 Å². The zero-order chi connectivity index (χ0) is 45.4. The van der Waals surface area contributed by atoms with E-state index in [1.54, 1.807) is 26.0 Å². The number of hydrogen-bond acceptors (Lipinski definition) is 17. The summed E-state index contributed by atoms with van der Waals surface area (Å²) in [6.45, 7) is 3.37. The van der Waals surface area contributed by atoms with Crippen LogP contribution in [-0.4, -0.2) is 72.5 Å². The fourth-order valence-corrected chi connectivity index (χ4v) is 7.86. The SMILES string of the molecule is COc1cc(N=Nc2ccc(N=Nc3cc4nn(-c5cccc(S(=O)(=O)O)c5)nc4cc3S(=O)(=O)O)c(C)c2)c(C)cc1N=Nc1c(S(=O)(=O)O)cc2cc(NC=O)ccc2c1O. The first kappa shape index (κ1) is 43.7. The van der Waals surface area contributed by atoms with Gasteiger partial charge in [-0.3, -0.25) is 18.5 Å². The molecule has 7 aromatic rings. The Kier molecular flexibility index (Phi) is 11.6. The highest BCUT2D eigenvalue weighted by atomic mass is 32.2. The molecule has 5 N–H and O–H groups in total. The number of azo groups is 3. The van der Waals surface area contributed by atoms with Crippen LogP contribution in [0.3, 0.4) is 0 Å². The lowest BCUT2D eigenvalue weighted by atomic mass is 10.1. The number of nitrogens with zero attached hydrogens (tertiary/aromatic N) is 9. The Morgan fingerprint density at radius 3 is 1.98 bits per heavy atom. The van der Waals surface area contributed by atoms with Crippen molar-refractivity contribution in [2.45, 2.75) is 28.5 Å². The molecule has 0 saturated heterocycles. The number of hydrogen-bond donors (Lipinski definition) is 5. The monoisotopic (exact) mass is 914 g/mol. The molecule has 7 rings (SSSR count). The smallest absolute Gasteiger partial charge is 0.296 e. The molecule has 0 spiro atoms. The van der Waals surface area contributed by atoms with Crippen LogP contribution in [0.15, 0.2) is 136 Å². The van der Waals surface area contributed by atoms with E-state index in [1.807, 2.05) is 0 Å². The molecule has 0 aliphatic rings. The minimum atomic E-state index is -4.92. The second-order valence-corrected chi connectivity index (χ2v) is 17.6. The third-order valence-corrected chi connectivity index (χ3v) is 11.7. The van der Waals surface area contributed by atoms with Crippen molar-refractivity contribution in [1.29, 1.82) is 0 Å². The van der Waals surface area contributed by atoms with E-state index in [2.05, 4.69) is 46.2 Å². The van der Waals surface area contributed by atoms with Gasteiger partial charge in [0.15, 0.2) is 5.75 Å². The summed E-state index contributed by atoms with van der Waals surface area (Å²) in [4.78, 5) is 10.1. The number of aromatic nitrogens is 3. The molecule has 322 valence electrons. The van der Waals surface area contributed by atoms with Crippen molar-refractivity contribution < 1.29 is 53.5 Å². The van der Waals surface area contributed by atoms with Gasteiger partial charge in [0.2, 0.25) is 6.41 Å². The summed E-state index contributed by atoms with van der Waals surface area (Å²) >= 11 is 0. The van der Waals surface area contributed by atoms with Crippen molar-refractivity contribution in [3.05, 3.63) is 102 Å². The van der Waals surface area contributed by atoms with Gasteiger partial charge < -0.3 is 15.2 Å². The second kappa shape index (κ2) is 16.8. The quantitative estimate of drug-likeness (QED) is 0.0412. The van der Waals surface area contributed by atoms with Crippen molar-refractivity contribution in [3.8, 4) is 17.2 Å². The van der Waals surface area contributed by atoms with Crippen LogP contribution in [0.5, 0.6) is 11.5 Å². The lowest BCUT2D eigenvalue weighted by Crippen LogP contribution is -2.02. The Morgan fingerprint density at radius 1 is 0.651 bits per heavy atom. The first-order chi connectivity index (χ1) is 29.7. The average Bonchev–Trinajstić information content (AvgIpc) is 3.65. The summed E-state index contributed by atoms with van der Waals surface area (Å²) in [6.07, 6.45) is 0.421. The summed E-state index contributed by atoms with van der Waals surface area (Å²) in [5.41, 5.74) is 1.93. The first-order valence-electron chi connectivity index (χ1n) is 17.7. The van der Waals surface area contributed by atoms with E-state index < -0.39 is 56.5 Å². The highest BCUT2D eigenvalue weighted by Gasteiger charge is 2.23. The number of benzene rings is 6. The van der Waals surface area contributed by atoms with Gasteiger partial charge in [0.25, 0.3) is 30.4 Å². The molecular formula is C38H30N10O12S3. The van der Waals surface area contributed by atoms with Crippen molar-refractivity contribution in [1.82, 2.24) is 15.0 Å². The molecule has 1 aromatic heterocycles. The lowest BCUT2D eigenvalue weighted by Gasteiger charge is -2.11. The number of amides is 1. The van der Waals surface area contributed by atoms with Gasteiger partial charge in [-0.05, 0) is 109 Å². The van der Waals surface area contributed by atoms with Gasteiger partial charge in [0, 0.05) is 17.1 Å². The fourth-order valence-electron chi connectivity index (χ4n) is 6.05. The molecule has 25 heteroatoms. The molecule has 0 unspecified atom stereocenters. The molecule has 63 heavy (non-hydrogen) atoms. The predicted octanol–water partition coefficient (Wildman–Crippen LogP) is 8.46. The zero-order valence-corrected chi connectivity index (χ0v) is 35.0. The highest BCUT2D eigenvalue weighted by molar-refractivity contribution is 7.86. The molecule has 0 fully saturated rings. The van der Waals surface area contributed by atoms with Gasteiger partial charge in [0.1, 0.15) is 43.6 Å². The maximum atomic E-state index is 12.4. The highest BCUT2D eigenvalue weighted by Crippen LogP contribution is 2.44. The van der Waals surface area contributed by atoms with Crippen LogP contribution in [0.1, 0.15) is 11.1 Å². The van der Waals surface area contributed by atoms with Gasteiger partial charge in [-0.2, -0.15) is 45.4 Å². The minimum absolute atomic E-state index is 0.0120. The lowest BCUT2D eigenvalue weighted by molar-refractivity contribution is -0.105. The molecule has 1 amide bonds. The van der Waals surface area contributed by atoms with Crippen LogP contribution in [-0.2, 0) is 35.1 Å². The molecule has 6 aromatic carbocycles. The number of aryl methyl sites for hydroxylation is 2. The number of fused-ring (bicyclic) bond motifs is 2. The van der Waals surface area contributed by atoms with Crippen molar-refractivity contribution in [2.24, 2.45) is 30.7 Å². The number of carbonyl (C=O) groups is 1. The van der Waals surface area contributed by atoms with Crippen LogP contribution in [0.4, 0.5) is 39.8 Å². The number of ether oxygens (including phenoxy) is 1. The van der Waals surface area contributed by atoms with Crippen molar-refractivity contribution >= 4 is 98.4 Å². The standard InChI is InChI=1S/C38H30N10O12S3/c1-20-11-24(8-10-28(20)41-44-33-16-30-31(18-35(33)62(54,55)56)47-48(46-30)25-5-4-6-26(15-25)61(51,52)53)40-42-29-17-34(60-3)32(12-21(29)2)43-45-37-36(63(57,58)59)14-22-13-23(39-19-49)7-9-27(22)38(37)50/h4-19,50H,1-3H3,(H,39,49)(H,51,52,53)(H,54,55,56)(H,57,58,59). The van der Waals surface area contributed by atoms with Crippen LogP contribution >= 0.6 is 0 Å². The van der Waals surface area contributed by atoms with E-state index in [1.165, 1.54) is 61.7 Å². The van der Waals surface area contributed by atoms with E-state index in [-0.39, 0.29) is 44.6 Å². The summed E-state index contributed by atoms with van der Waals surface area (Å²) in [5.74, 6) is -0.456. The number of anilines is 1. The third-order valence-electron chi connectivity index (χ3n) is 9.11. The summed E-state index contributed by atoms with van der Waals surface area (Å²) < 4.78 is 107. The molecule has 0 bridgehead atoms. The topological polar surface area (TPSA) is 327 Å². The third kappa shape index (κ3) is 9.42. The second-order valence-electron chi connectivity index (χ2n) is 13.4.